The minimum atomic E-state index is 0.184. The summed E-state index contributed by atoms with van der Waals surface area (Å²) in [6, 6.07) is 6.90. The summed E-state index contributed by atoms with van der Waals surface area (Å²) in [7, 11) is 0. The first-order chi connectivity index (χ1) is 12.0. The Morgan fingerprint density at radius 1 is 1.24 bits per heavy atom. The van der Waals surface area contributed by atoms with Gasteiger partial charge in [-0.2, -0.15) is 0 Å². The van der Waals surface area contributed by atoms with Gasteiger partial charge >= 0.3 is 0 Å². The Labute approximate surface area is 153 Å². The van der Waals surface area contributed by atoms with Crippen molar-refractivity contribution >= 4 is 5.57 Å². The van der Waals surface area contributed by atoms with Crippen molar-refractivity contribution < 1.29 is 0 Å². The summed E-state index contributed by atoms with van der Waals surface area (Å²) in [5.41, 5.74) is 15.3. The largest absolute Gasteiger partial charge is 0.402 e. The summed E-state index contributed by atoms with van der Waals surface area (Å²) in [4.78, 5) is 0. The summed E-state index contributed by atoms with van der Waals surface area (Å²) >= 11 is 0. The zero-order valence-electron chi connectivity index (χ0n) is 16.4. The first-order valence-electron chi connectivity index (χ1n) is 9.86. The van der Waals surface area contributed by atoms with Crippen molar-refractivity contribution in [1.29, 1.82) is 0 Å². The Kier molecular flexibility index (Phi) is 5.22. The van der Waals surface area contributed by atoms with E-state index in [1.54, 1.807) is 0 Å². The van der Waals surface area contributed by atoms with Gasteiger partial charge in [-0.05, 0) is 73.1 Å². The molecule has 0 amide bonds. The van der Waals surface area contributed by atoms with Crippen LogP contribution in [-0.2, 0) is 11.8 Å². The van der Waals surface area contributed by atoms with E-state index in [0.717, 1.165) is 18.5 Å². The Morgan fingerprint density at radius 2 is 2.04 bits per heavy atom. The molecule has 0 bridgehead atoms. The van der Waals surface area contributed by atoms with E-state index < -0.39 is 0 Å². The molecule has 1 aromatic rings. The molecule has 1 heteroatoms. The summed E-state index contributed by atoms with van der Waals surface area (Å²) in [5, 5.41) is 0. The second-order valence-corrected chi connectivity index (χ2v) is 8.37. The maximum absolute atomic E-state index is 6.66. The van der Waals surface area contributed by atoms with Crippen molar-refractivity contribution in [2.45, 2.75) is 71.6 Å². The zero-order valence-corrected chi connectivity index (χ0v) is 16.4. The highest BCUT2D eigenvalue weighted by molar-refractivity contribution is 5.81. The van der Waals surface area contributed by atoms with Crippen LogP contribution in [0.15, 0.2) is 47.7 Å². The maximum Gasteiger partial charge on any atom is 0.0122 e. The predicted octanol–water partition coefficient (Wildman–Crippen LogP) is 6.29. The minimum Gasteiger partial charge on any atom is -0.402 e. The van der Waals surface area contributed by atoms with E-state index in [9.17, 15) is 0 Å². The van der Waals surface area contributed by atoms with Gasteiger partial charge in [0.25, 0.3) is 0 Å². The first-order valence-corrected chi connectivity index (χ1v) is 9.86. The molecule has 0 spiro atoms. The van der Waals surface area contributed by atoms with Gasteiger partial charge in [0.2, 0.25) is 0 Å². The molecule has 0 saturated heterocycles. The molecule has 0 aromatic heterocycles. The van der Waals surface area contributed by atoms with E-state index in [1.165, 1.54) is 53.5 Å². The third-order valence-electron chi connectivity index (χ3n) is 6.16. The average Bonchev–Trinajstić information content (AvgIpc) is 2.79. The Balaban J connectivity index is 2.13. The van der Waals surface area contributed by atoms with Crippen LogP contribution in [0.3, 0.4) is 0 Å². The van der Waals surface area contributed by atoms with E-state index in [4.69, 9.17) is 5.73 Å². The predicted molar refractivity (Wildman–Crippen MR) is 109 cm³/mol. The third-order valence-corrected chi connectivity index (χ3v) is 6.16. The molecule has 0 aliphatic heterocycles. The van der Waals surface area contributed by atoms with Gasteiger partial charge in [0.15, 0.2) is 0 Å². The summed E-state index contributed by atoms with van der Waals surface area (Å²) in [6.07, 6.45) is 13.7. The van der Waals surface area contributed by atoms with Crippen LogP contribution in [0, 0.1) is 5.92 Å². The third kappa shape index (κ3) is 3.34. The minimum absolute atomic E-state index is 0.184. The maximum atomic E-state index is 6.66. The van der Waals surface area contributed by atoms with Crippen molar-refractivity contribution in [3.8, 4) is 0 Å². The van der Waals surface area contributed by atoms with Crippen molar-refractivity contribution in [3.63, 3.8) is 0 Å². The second-order valence-electron chi connectivity index (χ2n) is 8.37. The van der Waals surface area contributed by atoms with Crippen LogP contribution in [0.25, 0.3) is 5.57 Å². The van der Waals surface area contributed by atoms with Gasteiger partial charge in [0, 0.05) is 5.70 Å². The van der Waals surface area contributed by atoms with E-state index in [-0.39, 0.29) is 5.41 Å². The van der Waals surface area contributed by atoms with Crippen LogP contribution in [0.4, 0.5) is 0 Å². The Morgan fingerprint density at radius 3 is 2.80 bits per heavy atom. The van der Waals surface area contributed by atoms with Crippen LogP contribution in [0.2, 0.25) is 0 Å². The van der Waals surface area contributed by atoms with Gasteiger partial charge < -0.3 is 5.73 Å². The van der Waals surface area contributed by atoms with E-state index in [1.807, 2.05) is 0 Å². The summed E-state index contributed by atoms with van der Waals surface area (Å²) in [6.45, 7) is 9.14. The smallest absolute Gasteiger partial charge is 0.0122 e. The lowest BCUT2D eigenvalue weighted by atomic mass is 9.74. The van der Waals surface area contributed by atoms with Crippen molar-refractivity contribution in [3.05, 3.63) is 64.4 Å². The molecule has 0 radical (unpaired) electrons. The molecule has 1 nitrogen and oxygen atoms in total. The fourth-order valence-corrected chi connectivity index (χ4v) is 4.81. The summed E-state index contributed by atoms with van der Waals surface area (Å²) < 4.78 is 0. The number of benzene rings is 1. The zero-order chi connectivity index (χ0) is 18.0. The van der Waals surface area contributed by atoms with Gasteiger partial charge in [-0.25, -0.2) is 0 Å². The lowest BCUT2D eigenvalue weighted by Gasteiger charge is -2.30. The van der Waals surface area contributed by atoms with Crippen LogP contribution >= 0.6 is 0 Å². The van der Waals surface area contributed by atoms with Crippen molar-refractivity contribution in [2.24, 2.45) is 11.7 Å². The molecule has 0 heterocycles. The molecule has 1 atom stereocenters. The lowest BCUT2D eigenvalue weighted by molar-refractivity contribution is 0.371. The summed E-state index contributed by atoms with van der Waals surface area (Å²) in [5.74, 6) is 0.573. The number of nitrogens with two attached hydrogens (primary N) is 1. The van der Waals surface area contributed by atoms with E-state index >= 15 is 0 Å². The SMILES string of the molecule is C/C=C\C=C(/C)Cc1cccc2c1/C1=C(\N)CCCCCC1C2(C)C. The highest BCUT2D eigenvalue weighted by Crippen LogP contribution is 2.54. The number of hydrogen-bond donors (Lipinski definition) is 1. The molecule has 1 unspecified atom stereocenters. The topological polar surface area (TPSA) is 26.0 Å². The van der Waals surface area contributed by atoms with Crippen LogP contribution < -0.4 is 5.73 Å². The molecule has 0 saturated carbocycles. The second kappa shape index (κ2) is 7.23. The molecule has 0 fully saturated rings. The first kappa shape index (κ1) is 18.0. The molecule has 1 aromatic carbocycles. The van der Waals surface area contributed by atoms with Crippen molar-refractivity contribution in [1.82, 2.24) is 0 Å². The number of fused-ring (bicyclic) bond motifs is 3. The molecule has 2 N–H and O–H groups in total. The molecule has 2 aliphatic rings. The number of hydrogen-bond acceptors (Lipinski definition) is 1. The van der Waals surface area contributed by atoms with Crippen LogP contribution in [0.1, 0.15) is 76.5 Å². The van der Waals surface area contributed by atoms with E-state index in [2.05, 4.69) is 64.1 Å². The van der Waals surface area contributed by atoms with Gasteiger partial charge in [-0.15, -0.1) is 0 Å². The average molecular weight is 336 g/mol. The van der Waals surface area contributed by atoms with Gasteiger partial charge in [-0.1, -0.05) is 68.7 Å². The molecular formula is C24H33N. The van der Waals surface area contributed by atoms with E-state index in [0.29, 0.717) is 5.92 Å². The standard InChI is InChI=1S/C24H33N/c1-5-6-11-17(2)16-18-12-10-14-19-22(18)23-20(24(19,3)4)13-8-7-9-15-21(23)25/h5-6,10-12,14,20H,7-9,13,15-16,25H2,1-4H3/b6-5-,17-11+,23-21-. The molecular weight excluding hydrogens is 302 g/mol. The lowest BCUT2D eigenvalue weighted by Crippen LogP contribution is -2.25. The Bertz CT molecular complexity index is 730. The molecule has 3 rings (SSSR count). The Hall–Kier alpha value is -1.76. The quantitative estimate of drug-likeness (QED) is 0.645. The molecule has 134 valence electrons. The number of rotatable bonds is 3. The normalized spacial score (nSPS) is 26.2. The fraction of sp³-hybridized carbons (Fsp3) is 0.500. The molecule has 25 heavy (non-hydrogen) atoms. The van der Waals surface area contributed by atoms with Crippen LogP contribution in [-0.4, -0.2) is 0 Å². The highest BCUT2D eigenvalue weighted by atomic mass is 14.6. The highest BCUT2D eigenvalue weighted by Gasteiger charge is 2.44. The van der Waals surface area contributed by atoms with Crippen LogP contribution in [0.5, 0.6) is 0 Å². The molecule has 2 aliphatic carbocycles. The van der Waals surface area contributed by atoms with Gasteiger partial charge in [-0.3, -0.25) is 0 Å². The van der Waals surface area contributed by atoms with Crippen molar-refractivity contribution in [2.75, 3.05) is 0 Å². The van der Waals surface area contributed by atoms with Gasteiger partial charge in [0.05, 0.1) is 0 Å². The van der Waals surface area contributed by atoms with Gasteiger partial charge in [0.1, 0.15) is 0 Å². The number of allylic oxidation sites excluding steroid dienone is 6. The fourth-order valence-electron chi connectivity index (χ4n) is 4.81. The monoisotopic (exact) mass is 335 g/mol.